The van der Waals surface area contributed by atoms with Gasteiger partial charge in [0.05, 0.1) is 12.6 Å². The molecule has 0 aromatic carbocycles. The zero-order chi connectivity index (χ0) is 13.0. The van der Waals surface area contributed by atoms with Crippen LogP contribution in [0.1, 0.15) is 26.2 Å². The molecule has 1 aliphatic carbocycles. The monoisotopic (exact) mass is 255 g/mol. The van der Waals surface area contributed by atoms with Crippen LogP contribution in [-0.4, -0.2) is 72.2 Å². The molecule has 1 atom stereocenters. The molecule has 1 unspecified atom stereocenters. The van der Waals surface area contributed by atoms with E-state index >= 15 is 0 Å². The Labute approximate surface area is 109 Å². The summed E-state index contributed by atoms with van der Waals surface area (Å²) in [7, 11) is 0. The summed E-state index contributed by atoms with van der Waals surface area (Å²) in [5.74, 6) is 0.166. The van der Waals surface area contributed by atoms with E-state index in [1.165, 1.54) is 0 Å². The van der Waals surface area contributed by atoms with Crippen molar-refractivity contribution < 1.29 is 9.90 Å². The van der Waals surface area contributed by atoms with Gasteiger partial charge in [-0.2, -0.15) is 0 Å². The van der Waals surface area contributed by atoms with E-state index < -0.39 is 0 Å². The molecule has 1 amide bonds. The first-order chi connectivity index (χ1) is 8.67. The maximum absolute atomic E-state index is 11.7. The van der Waals surface area contributed by atoms with Crippen LogP contribution in [-0.2, 0) is 4.79 Å². The average molecular weight is 255 g/mol. The molecular formula is C13H25N3O2. The van der Waals surface area contributed by atoms with E-state index in [0.29, 0.717) is 12.6 Å². The maximum atomic E-state index is 11.7. The van der Waals surface area contributed by atoms with Crippen LogP contribution >= 0.6 is 0 Å². The highest BCUT2D eigenvalue weighted by atomic mass is 16.3. The minimum atomic E-state index is -0.213. The van der Waals surface area contributed by atoms with E-state index in [4.69, 9.17) is 0 Å². The molecule has 1 saturated carbocycles. The van der Waals surface area contributed by atoms with Gasteiger partial charge in [0.1, 0.15) is 0 Å². The van der Waals surface area contributed by atoms with Gasteiger partial charge in [0.2, 0.25) is 5.91 Å². The lowest BCUT2D eigenvalue weighted by molar-refractivity contribution is -0.122. The van der Waals surface area contributed by atoms with Gasteiger partial charge in [-0.25, -0.2) is 0 Å². The van der Waals surface area contributed by atoms with Crippen LogP contribution in [0.4, 0.5) is 0 Å². The van der Waals surface area contributed by atoms with Crippen molar-refractivity contribution in [3.8, 4) is 0 Å². The molecule has 0 aromatic rings. The van der Waals surface area contributed by atoms with Gasteiger partial charge < -0.3 is 10.4 Å². The first kappa shape index (κ1) is 13.8. The molecule has 1 aliphatic heterocycles. The van der Waals surface area contributed by atoms with Crippen LogP contribution in [0.15, 0.2) is 0 Å². The fourth-order valence-corrected chi connectivity index (χ4v) is 2.26. The molecule has 0 aromatic heterocycles. The molecule has 5 heteroatoms. The summed E-state index contributed by atoms with van der Waals surface area (Å²) in [6.45, 7) is 7.05. The van der Waals surface area contributed by atoms with Gasteiger partial charge in [-0.05, 0) is 19.3 Å². The molecule has 0 bridgehead atoms. The lowest BCUT2D eigenvalue weighted by atomic mass is 10.2. The first-order valence-electron chi connectivity index (χ1n) is 7.09. The number of amides is 1. The van der Waals surface area contributed by atoms with Crippen LogP contribution in [0.3, 0.4) is 0 Å². The van der Waals surface area contributed by atoms with Gasteiger partial charge >= 0.3 is 0 Å². The molecule has 2 N–H and O–H groups in total. The number of nitrogens with one attached hydrogen (secondary N) is 1. The number of hydrogen-bond acceptors (Lipinski definition) is 4. The number of β-amino-alcohol motifs (C(OH)–C–C–N with tert-alkyl or cyclic N) is 1. The Morgan fingerprint density at radius 2 is 1.89 bits per heavy atom. The maximum Gasteiger partial charge on any atom is 0.234 e. The number of carbonyl (C=O) groups is 1. The highest BCUT2D eigenvalue weighted by Crippen LogP contribution is 2.18. The van der Waals surface area contributed by atoms with E-state index in [9.17, 15) is 9.90 Å². The van der Waals surface area contributed by atoms with Crippen molar-refractivity contribution in [2.75, 3.05) is 39.3 Å². The standard InChI is InChI=1S/C13H25N3O2/c1-2-12(17)9-15-5-7-16(8-6-15)10-13(18)14-11-3-4-11/h11-12,17H,2-10H2,1H3,(H,14,18). The van der Waals surface area contributed by atoms with E-state index in [1.807, 2.05) is 6.92 Å². The van der Waals surface area contributed by atoms with E-state index in [-0.39, 0.29) is 12.0 Å². The summed E-state index contributed by atoms with van der Waals surface area (Å²) in [6.07, 6.45) is 2.89. The molecule has 0 radical (unpaired) electrons. The normalized spacial score (nSPS) is 23.9. The number of hydrogen-bond donors (Lipinski definition) is 2. The summed E-state index contributed by atoms with van der Waals surface area (Å²) in [5, 5.41) is 12.6. The van der Waals surface area contributed by atoms with Crippen LogP contribution < -0.4 is 5.32 Å². The second-order valence-corrected chi connectivity index (χ2v) is 5.48. The Morgan fingerprint density at radius 1 is 1.28 bits per heavy atom. The second-order valence-electron chi connectivity index (χ2n) is 5.48. The molecule has 104 valence electrons. The average Bonchev–Trinajstić information content (AvgIpc) is 3.15. The number of nitrogens with zero attached hydrogens (tertiary/aromatic N) is 2. The molecule has 0 spiro atoms. The van der Waals surface area contributed by atoms with Gasteiger partial charge in [-0.1, -0.05) is 6.92 Å². The third-order valence-electron chi connectivity index (χ3n) is 3.71. The van der Waals surface area contributed by atoms with Crippen LogP contribution in [0.2, 0.25) is 0 Å². The van der Waals surface area contributed by atoms with Gasteiger partial charge in [-0.3, -0.25) is 14.6 Å². The zero-order valence-electron chi connectivity index (χ0n) is 11.3. The van der Waals surface area contributed by atoms with Crippen molar-refractivity contribution in [2.24, 2.45) is 0 Å². The molecule has 2 aliphatic rings. The summed E-state index contributed by atoms with van der Waals surface area (Å²) in [6, 6.07) is 0.457. The highest BCUT2D eigenvalue weighted by Gasteiger charge is 2.25. The van der Waals surface area contributed by atoms with E-state index in [0.717, 1.165) is 52.0 Å². The first-order valence-corrected chi connectivity index (χ1v) is 7.09. The zero-order valence-corrected chi connectivity index (χ0v) is 11.3. The van der Waals surface area contributed by atoms with Crippen LogP contribution in [0, 0.1) is 0 Å². The fraction of sp³-hybridized carbons (Fsp3) is 0.923. The van der Waals surface area contributed by atoms with E-state index in [2.05, 4.69) is 15.1 Å². The van der Waals surface area contributed by atoms with Crippen molar-refractivity contribution >= 4 is 5.91 Å². The van der Waals surface area contributed by atoms with Gasteiger partial charge in [0, 0.05) is 38.8 Å². The molecule has 5 nitrogen and oxygen atoms in total. The predicted octanol–water partition coefficient (Wildman–Crippen LogP) is -0.346. The lowest BCUT2D eigenvalue weighted by Gasteiger charge is -2.35. The third-order valence-corrected chi connectivity index (χ3v) is 3.71. The summed E-state index contributed by atoms with van der Waals surface area (Å²) in [5.41, 5.74) is 0. The molecular weight excluding hydrogens is 230 g/mol. The SMILES string of the molecule is CCC(O)CN1CCN(CC(=O)NC2CC2)CC1. The minimum Gasteiger partial charge on any atom is -0.392 e. The van der Waals surface area contributed by atoms with Gasteiger partial charge in [0.15, 0.2) is 0 Å². The molecule has 2 rings (SSSR count). The number of aliphatic hydroxyl groups is 1. The number of piperazine rings is 1. The third kappa shape index (κ3) is 4.55. The topological polar surface area (TPSA) is 55.8 Å². The Bertz CT molecular complexity index is 273. The van der Waals surface area contributed by atoms with Crippen LogP contribution in [0.5, 0.6) is 0 Å². The summed E-state index contributed by atoms with van der Waals surface area (Å²) in [4.78, 5) is 16.1. The van der Waals surface area contributed by atoms with Crippen LogP contribution in [0.25, 0.3) is 0 Å². The van der Waals surface area contributed by atoms with Crippen molar-refractivity contribution in [1.29, 1.82) is 0 Å². The van der Waals surface area contributed by atoms with Gasteiger partial charge in [0.25, 0.3) is 0 Å². The fourth-order valence-electron chi connectivity index (χ4n) is 2.26. The molecule has 1 saturated heterocycles. The number of rotatable bonds is 6. The molecule has 1 heterocycles. The Hall–Kier alpha value is -0.650. The minimum absolute atomic E-state index is 0.166. The van der Waals surface area contributed by atoms with Crippen molar-refractivity contribution in [3.63, 3.8) is 0 Å². The highest BCUT2D eigenvalue weighted by molar-refractivity contribution is 5.78. The quantitative estimate of drug-likeness (QED) is 0.681. The number of carbonyl (C=O) groups excluding carboxylic acids is 1. The van der Waals surface area contributed by atoms with Crippen molar-refractivity contribution in [2.45, 2.75) is 38.3 Å². The predicted molar refractivity (Wildman–Crippen MR) is 70.3 cm³/mol. The summed E-state index contributed by atoms with van der Waals surface area (Å²) < 4.78 is 0. The van der Waals surface area contributed by atoms with Gasteiger partial charge in [-0.15, -0.1) is 0 Å². The number of aliphatic hydroxyl groups excluding tert-OH is 1. The Kier molecular flexibility index (Phi) is 4.97. The van der Waals surface area contributed by atoms with E-state index in [1.54, 1.807) is 0 Å². The molecule has 2 fully saturated rings. The Balaban J connectivity index is 1.61. The summed E-state index contributed by atoms with van der Waals surface area (Å²) >= 11 is 0. The Morgan fingerprint density at radius 3 is 2.44 bits per heavy atom. The molecule has 18 heavy (non-hydrogen) atoms. The lowest BCUT2D eigenvalue weighted by Crippen LogP contribution is -2.51. The largest absolute Gasteiger partial charge is 0.392 e. The second kappa shape index (κ2) is 6.50. The van der Waals surface area contributed by atoms with Crippen molar-refractivity contribution in [1.82, 2.24) is 15.1 Å². The smallest absolute Gasteiger partial charge is 0.234 e. The van der Waals surface area contributed by atoms with Crippen molar-refractivity contribution in [3.05, 3.63) is 0 Å².